The van der Waals surface area contributed by atoms with Crippen LogP contribution in [0.15, 0.2) is 0 Å². The fourth-order valence-electron chi connectivity index (χ4n) is 0. The van der Waals surface area contributed by atoms with E-state index in [4.69, 9.17) is 24.0 Å². The lowest BCUT2D eigenvalue weighted by Crippen LogP contribution is -2.18. The first-order valence-corrected chi connectivity index (χ1v) is 3.13. The molecule has 0 heterocycles. The molecule has 0 aliphatic heterocycles. The maximum Gasteiger partial charge on any atom is 0.466 e. The lowest BCUT2D eigenvalue weighted by molar-refractivity contribution is 0.256. The summed E-state index contributed by atoms with van der Waals surface area (Å²) in [4.78, 5) is 30.6. The van der Waals surface area contributed by atoms with Crippen LogP contribution < -0.4 is 17.6 Å². The molecule has 0 aromatic heterocycles. The average Bonchev–Trinajstić information content (AvgIpc) is 1.19. The first-order chi connectivity index (χ1) is 3.73. The molecular formula is CH12N3O6P. The van der Waals surface area contributed by atoms with E-state index in [2.05, 4.69) is 11.5 Å². The third-order valence-electron chi connectivity index (χ3n) is 0. The highest BCUT2D eigenvalue weighted by Crippen LogP contribution is 2.25. The van der Waals surface area contributed by atoms with E-state index in [-0.39, 0.29) is 11.6 Å². The van der Waals surface area contributed by atoms with E-state index in [1.54, 1.807) is 0 Å². The highest BCUT2D eigenvalue weighted by Gasteiger charge is 2.00. The van der Waals surface area contributed by atoms with Gasteiger partial charge in [-0.2, -0.15) is 0 Å². The first-order valence-electron chi connectivity index (χ1n) is 1.56. The van der Waals surface area contributed by atoms with Crippen molar-refractivity contribution in [2.24, 2.45) is 11.5 Å². The molecule has 10 heteroatoms. The quantitative estimate of drug-likeness (QED) is 0.246. The molecule has 0 bridgehead atoms. The second-order valence-corrected chi connectivity index (χ2v) is 1.94. The van der Waals surface area contributed by atoms with Crippen LogP contribution in [-0.2, 0) is 4.57 Å². The van der Waals surface area contributed by atoms with E-state index < -0.39 is 13.9 Å². The monoisotopic (exact) mass is 193 g/mol. The molecule has 0 aromatic carbocycles. The van der Waals surface area contributed by atoms with Crippen LogP contribution in [0.2, 0.25) is 0 Å². The van der Waals surface area contributed by atoms with E-state index in [1.165, 1.54) is 0 Å². The lowest BCUT2D eigenvalue weighted by atomic mass is 11.2. The maximum atomic E-state index is 9.00. The minimum absolute atomic E-state index is 0. The largest absolute Gasteiger partial charge is 0.870 e. The normalized spacial score (nSPS) is 7.55. The zero-order valence-corrected chi connectivity index (χ0v) is 6.60. The number of rotatable bonds is 0. The summed E-state index contributed by atoms with van der Waals surface area (Å²) in [5, 5.41) is 0. The van der Waals surface area contributed by atoms with Gasteiger partial charge in [0.2, 0.25) is 0 Å². The summed E-state index contributed by atoms with van der Waals surface area (Å²) in [5.74, 6) is 0. The Morgan fingerprint density at radius 3 is 1.18 bits per heavy atom. The van der Waals surface area contributed by atoms with Crippen molar-refractivity contribution in [3.63, 3.8) is 0 Å². The number of urea groups is 1. The molecule has 0 saturated heterocycles. The number of hydrogen-bond acceptors (Lipinski definition) is 3. The standard InChI is InChI=1S/CH4N2O.H3N.H3O4P.H2O/c2-1(3)4;;1-5(2,3)4;/h(H4,2,3,4);1H3;(H3,1,2,3,4);1H2. The molecule has 0 aromatic rings. The van der Waals surface area contributed by atoms with Gasteiger partial charge in [-0.3, -0.25) is 0 Å². The number of amides is 2. The SMILES string of the molecule is NC(N)=O.O=P(O)(O)O.[NH4+].[OH-]. The number of carbonyl (C=O) groups excluding carboxylic acids is 1. The lowest BCUT2D eigenvalue weighted by Gasteiger charge is -1.82. The molecule has 0 rings (SSSR count). The number of primary amides is 2. The zero-order valence-electron chi connectivity index (χ0n) is 5.71. The molecule has 0 saturated carbocycles. The Hall–Kier alpha value is -0.700. The summed E-state index contributed by atoms with van der Waals surface area (Å²) < 4.78 is 8.88. The molecule has 9 nitrogen and oxygen atoms in total. The topological polar surface area (TPSA) is 213 Å². The van der Waals surface area contributed by atoms with Gasteiger partial charge in [-0.1, -0.05) is 0 Å². The van der Waals surface area contributed by atoms with Crippen molar-refractivity contribution >= 4 is 13.9 Å². The van der Waals surface area contributed by atoms with Gasteiger partial charge >= 0.3 is 13.9 Å². The molecule has 0 fully saturated rings. The second-order valence-electron chi connectivity index (χ2n) is 0.916. The Balaban J connectivity index is -0.0000000383. The minimum Gasteiger partial charge on any atom is -0.870 e. The van der Waals surface area contributed by atoms with Gasteiger partial charge in [0.15, 0.2) is 0 Å². The Morgan fingerprint density at radius 2 is 1.18 bits per heavy atom. The predicted octanol–water partition coefficient (Wildman–Crippen LogP) is -1.71. The highest BCUT2D eigenvalue weighted by atomic mass is 31.2. The predicted molar refractivity (Wildman–Crippen MR) is 36.0 cm³/mol. The van der Waals surface area contributed by atoms with Crippen molar-refractivity contribution in [3.05, 3.63) is 0 Å². The van der Waals surface area contributed by atoms with Gasteiger partial charge in [-0.05, 0) is 0 Å². The van der Waals surface area contributed by atoms with Crippen LogP contribution in [0.1, 0.15) is 0 Å². The van der Waals surface area contributed by atoms with E-state index >= 15 is 0 Å². The van der Waals surface area contributed by atoms with Crippen LogP contribution in [0.3, 0.4) is 0 Å². The molecule has 72 valence electrons. The van der Waals surface area contributed by atoms with Crippen molar-refractivity contribution in [1.29, 1.82) is 0 Å². The average molecular weight is 193 g/mol. The van der Waals surface area contributed by atoms with Crippen molar-refractivity contribution in [1.82, 2.24) is 6.15 Å². The van der Waals surface area contributed by atoms with Gasteiger partial charge in [0.05, 0.1) is 0 Å². The maximum absolute atomic E-state index is 9.00. The molecule has 0 aliphatic rings. The number of hydrogen-bond donors (Lipinski definition) is 6. The second kappa shape index (κ2) is 9.30. The third-order valence-corrected chi connectivity index (χ3v) is 0. The Bertz CT molecular complexity index is 118. The van der Waals surface area contributed by atoms with Crippen LogP contribution >= 0.6 is 7.82 Å². The van der Waals surface area contributed by atoms with Gasteiger partial charge in [-0.15, -0.1) is 0 Å². The zero-order chi connectivity index (χ0) is 8.08. The summed E-state index contributed by atoms with van der Waals surface area (Å²) >= 11 is 0. The van der Waals surface area contributed by atoms with Gasteiger partial charge in [-0.25, -0.2) is 9.36 Å². The van der Waals surface area contributed by atoms with E-state index in [9.17, 15) is 0 Å². The van der Waals surface area contributed by atoms with Gasteiger partial charge < -0.3 is 37.8 Å². The molecule has 2 amide bonds. The Labute approximate surface area is 62.1 Å². The van der Waals surface area contributed by atoms with Crippen LogP contribution in [0, 0.1) is 0 Å². The van der Waals surface area contributed by atoms with Gasteiger partial charge in [0.25, 0.3) is 0 Å². The Kier molecular flexibility index (Phi) is 19.0. The molecule has 0 unspecified atom stereocenters. The molecule has 11 heavy (non-hydrogen) atoms. The first kappa shape index (κ1) is 22.4. The molecular weight excluding hydrogens is 181 g/mol. The van der Waals surface area contributed by atoms with Crippen LogP contribution in [0.5, 0.6) is 0 Å². The summed E-state index contributed by atoms with van der Waals surface area (Å²) in [6.45, 7) is 0. The molecule has 0 atom stereocenters. The minimum atomic E-state index is -4.64. The van der Waals surface area contributed by atoms with E-state index in [0.29, 0.717) is 0 Å². The molecule has 0 spiro atoms. The molecule has 12 N–H and O–H groups in total. The molecule has 0 aliphatic carbocycles. The number of quaternary nitrogens is 1. The number of nitrogens with two attached hydrogens (primary N) is 2. The summed E-state index contributed by atoms with van der Waals surface area (Å²) in [5.41, 5.74) is 8.50. The highest BCUT2D eigenvalue weighted by molar-refractivity contribution is 7.45. The summed E-state index contributed by atoms with van der Waals surface area (Å²) in [6, 6.07) is -0.833. The van der Waals surface area contributed by atoms with Crippen molar-refractivity contribution in [2.75, 3.05) is 0 Å². The van der Waals surface area contributed by atoms with Crippen molar-refractivity contribution in [3.8, 4) is 0 Å². The van der Waals surface area contributed by atoms with Gasteiger partial charge in [0.1, 0.15) is 0 Å². The number of phosphoric acid groups is 1. The summed E-state index contributed by atoms with van der Waals surface area (Å²) in [6.07, 6.45) is 0. The van der Waals surface area contributed by atoms with E-state index in [1.807, 2.05) is 0 Å². The van der Waals surface area contributed by atoms with E-state index in [0.717, 1.165) is 0 Å². The van der Waals surface area contributed by atoms with Crippen molar-refractivity contribution in [2.45, 2.75) is 0 Å². The Morgan fingerprint density at radius 1 is 1.18 bits per heavy atom. The number of carbonyl (C=O) groups is 1. The molecule has 0 radical (unpaired) electrons. The van der Waals surface area contributed by atoms with Gasteiger partial charge in [0, 0.05) is 0 Å². The fraction of sp³-hybridized carbons (Fsp3) is 0. The van der Waals surface area contributed by atoms with Crippen molar-refractivity contribution < 1.29 is 29.5 Å². The van der Waals surface area contributed by atoms with Crippen LogP contribution in [0.25, 0.3) is 0 Å². The third kappa shape index (κ3) is 1010. The smallest absolute Gasteiger partial charge is 0.466 e. The fourth-order valence-corrected chi connectivity index (χ4v) is 0. The summed E-state index contributed by atoms with van der Waals surface area (Å²) in [7, 11) is -4.64. The van der Waals surface area contributed by atoms with Crippen LogP contribution in [-0.4, -0.2) is 26.2 Å². The van der Waals surface area contributed by atoms with Crippen LogP contribution in [0.4, 0.5) is 4.79 Å².